The smallest absolute Gasteiger partial charge is 0.852 e. The Morgan fingerprint density at radius 3 is 0.944 bits per heavy atom. The minimum absolute atomic E-state index is 0. The van der Waals surface area contributed by atoms with Gasteiger partial charge < -0.3 is 25.2 Å². The topological polar surface area (TPSA) is 109 Å². The van der Waals surface area contributed by atoms with Crippen LogP contribution < -0.4 is 20.4 Å². The van der Waals surface area contributed by atoms with Gasteiger partial charge in [-0.15, -0.1) is 18.3 Å². The number of aliphatic carboxylic acids is 1. The van der Waals surface area contributed by atoms with E-state index in [1.807, 2.05) is 0 Å². The second kappa shape index (κ2) is 25.7. The molecule has 0 saturated heterocycles. The Bertz CT molecular complexity index is 136. The zero-order valence-corrected chi connectivity index (χ0v) is 14.5. The summed E-state index contributed by atoms with van der Waals surface area (Å²) in [5.74, 6) is -1.23. The molecular formula is C12H24O5Zr. The molecule has 0 amide bonds. The first-order valence-corrected chi connectivity index (χ1v) is 5.28. The van der Waals surface area contributed by atoms with Crippen LogP contribution in [0.2, 0.25) is 0 Å². The molecule has 5 nitrogen and oxygen atoms in total. The van der Waals surface area contributed by atoms with Crippen molar-refractivity contribution in [2.75, 3.05) is 0 Å². The normalized spacial score (nSPS) is 7.78. The summed E-state index contributed by atoms with van der Waals surface area (Å²) in [5, 5.41) is 37.7. The van der Waals surface area contributed by atoms with E-state index in [-0.39, 0.29) is 26.2 Å². The third-order valence-corrected chi connectivity index (χ3v) is 0.167. The Kier molecular flexibility index (Phi) is 44.0. The van der Waals surface area contributed by atoms with Gasteiger partial charge in [0.25, 0.3) is 0 Å². The van der Waals surface area contributed by atoms with Crippen molar-refractivity contribution in [3.8, 4) is 0 Å². The average molecular weight is 340 g/mol. The predicted molar refractivity (Wildman–Crippen MR) is 60.6 cm³/mol. The van der Waals surface area contributed by atoms with Gasteiger partial charge in [-0.1, -0.05) is 48.1 Å². The minimum Gasteiger partial charge on any atom is -0.852 e. The quantitative estimate of drug-likeness (QED) is 0.523. The number of hydrogen-bond acceptors (Lipinski definition) is 5. The number of carbonyl (C=O) groups excluding carboxylic acids is 1. The Labute approximate surface area is 130 Å². The molecule has 18 heavy (non-hydrogen) atoms. The monoisotopic (exact) mass is 338 g/mol. The second-order valence-corrected chi connectivity index (χ2v) is 3.67. The summed E-state index contributed by atoms with van der Waals surface area (Å²) in [7, 11) is 0. The molecule has 0 N–H and O–H groups in total. The van der Waals surface area contributed by atoms with Crippen molar-refractivity contribution in [1.29, 1.82) is 0 Å². The van der Waals surface area contributed by atoms with Crippen LogP contribution in [-0.4, -0.2) is 24.3 Å². The van der Waals surface area contributed by atoms with E-state index >= 15 is 0 Å². The molecule has 0 aliphatic heterocycles. The van der Waals surface area contributed by atoms with Crippen LogP contribution in [0.25, 0.3) is 0 Å². The number of rotatable bonds is 1. The van der Waals surface area contributed by atoms with Crippen molar-refractivity contribution in [3.63, 3.8) is 0 Å². The van der Waals surface area contributed by atoms with E-state index in [9.17, 15) is 15.3 Å². The first-order valence-electron chi connectivity index (χ1n) is 5.28. The molecule has 0 fully saturated rings. The summed E-state index contributed by atoms with van der Waals surface area (Å²) in [4.78, 5) is 9.14. The molecule has 0 heterocycles. The van der Waals surface area contributed by atoms with E-state index in [4.69, 9.17) is 9.90 Å². The summed E-state index contributed by atoms with van der Waals surface area (Å²) in [5.41, 5.74) is 0. The van der Waals surface area contributed by atoms with Crippen molar-refractivity contribution in [1.82, 2.24) is 0 Å². The molecule has 0 aromatic rings. The van der Waals surface area contributed by atoms with Gasteiger partial charge in [-0.05, 0) is 6.08 Å². The number of carbonyl (C=O) groups is 1. The molecule has 0 atom stereocenters. The van der Waals surface area contributed by atoms with E-state index < -0.39 is 24.3 Å². The van der Waals surface area contributed by atoms with Crippen LogP contribution in [0.3, 0.4) is 0 Å². The minimum atomic E-state index is -1.23. The maximum atomic E-state index is 9.53. The fourth-order valence-electron chi connectivity index (χ4n) is 0. The summed E-state index contributed by atoms with van der Waals surface area (Å²) < 4.78 is 0. The van der Waals surface area contributed by atoms with Crippen molar-refractivity contribution in [2.45, 2.75) is 59.9 Å². The number of hydrogen-bond donors (Lipinski definition) is 0. The van der Waals surface area contributed by atoms with E-state index in [0.29, 0.717) is 0 Å². The predicted octanol–water partition coefficient (Wildman–Crippen LogP) is -1.81. The van der Waals surface area contributed by atoms with Crippen molar-refractivity contribution >= 4 is 5.97 Å². The molecule has 0 spiro atoms. The van der Waals surface area contributed by atoms with Crippen LogP contribution in [0.5, 0.6) is 0 Å². The molecule has 0 aromatic carbocycles. The molecule has 0 rings (SSSR count). The third-order valence-electron chi connectivity index (χ3n) is 0.167. The van der Waals surface area contributed by atoms with Crippen LogP contribution in [0.4, 0.5) is 0 Å². The van der Waals surface area contributed by atoms with E-state index in [2.05, 4.69) is 6.58 Å². The maximum absolute atomic E-state index is 9.53. The number of carboxylic acid groups (broad SMARTS) is 1. The molecule has 0 unspecified atom stereocenters. The van der Waals surface area contributed by atoms with E-state index in [0.717, 1.165) is 6.08 Å². The van der Waals surface area contributed by atoms with Gasteiger partial charge in [0.15, 0.2) is 0 Å². The van der Waals surface area contributed by atoms with Crippen molar-refractivity contribution in [3.05, 3.63) is 12.7 Å². The first kappa shape index (κ1) is 30.8. The standard InChI is InChI=1S/C3H4O2.3C3H7O.Zr/c1-2-3(4)5;3*1-3(2)4;/h2H,1H2,(H,4,5);3*3H,1-2H3;/q;3*-1;+4/p-1. The van der Waals surface area contributed by atoms with Gasteiger partial charge in [0, 0.05) is 0 Å². The average Bonchev–Trinajstić information content (AvgIpc) is 2.00. The zero-order chi connectivity index (χ0) is 15.0. The van der Waals surface area contributed by atoms with Crippen molar-refractivity contribution < 1.29 is 51.4 Å². The molecule has 106 valence electrons. The van der Waals surface area contributed by atoms with Crippen LogP contribution in [0.15, 0.2) is 12.7 Å². The number of carboxylic acids is 1. The SMILES string of the molecule is C=CC(=O)[O-].CC(C)[O-].CC(C)[O-].CC(C)[O-].[Zr+4]. The van der Waals surface area contributed by atoms with E-state index in [1.165, 1.54) is 0 Å². The van der Waals surface area contributed by atoms with Gasteiger partial charge >= 0.3 is 26.2 Å². The van der Waals surface area contributed by atoms with Crippen LogP contribution >= 0.6 is 0 Å². The Morgan fingerprint density at radius 1 is 0.889 bits per heavy atom. The Morgan fingerprint density at radius 2 is 0.944 bits per heavy atom. The molecule has 0 aliphatic rings. The molecule has 0 radical (unpaired) electrons. The summed E-state index contributed by atoms with van der Waals surface area (Å²) >= 11 is 0. The molecular weight excluding hydrogens is 315 g/mol. The molecule has 0 bridgehead atoms. The summed E-state index contributed by atoms with van der Waals surface area (Å²) in [6.07, 6.45) is -0.528. The molecule has 0 aromatic heterocycles. The van der Waals surface area contributed by atoms with Crippen LogP contribution in [0.1, 0.15) is 41.5 Å². The zero-order valence-electron chi connectivity index (χ0n) is 12.1. The first-order chi connectivity index (χ1) is 7.47. The summed E-state index contributed by atoms with van der Waals surface area (Å²) in [6.45, 7) is 12.6. The molecule has 6 heteroatoms. The Balaban J connectivity index is -0.0000000412. The summed E-state index contributed by atoms with van der Waals surface area (Å²) in [6, 6.07) is 0. The van der Waals surface area contributed by atoms with Crippen LogP contribution in [0, 0.1) is 0 Å². The van der Waals surface area contributed by atoms with Gasteiger partial charge in [0.05, 0.1) is 5.97 Å². The fourth-order valence-corrected chi connectivity index (χ4v) is 0. The fraction of sp³-hybridized carbons (Fsp3) is 0.750. The largest absolute Gasteiger partial charge is 4.00 e. The van der Waals surface area contributed by atoms with Gasteiger partial charge in [-0.3, -0.25) is 0 Å². The van der Waals surface area contributed by atoms with Crippen LogP contribution in [-0.2, 0) is 31.0 Å². The molecule has 0 saturated carbocycles. The van der Waals surface area contributed by atoms with Gasteiger partial charge in [-0.2, -0.15) is 0 Å². The second-order valence-electron chi connectivity index (χ2n) is 3.67. The molecule has 0 aliphatic carbocycles. The van der Waals surface area contributed by atoms with Gasteiger partial charge in [0.2, 0.25) is 0 Å². The van der Waals surface area contributed by atoms with Crippen molar-refractivity contribution in [2.24, 2.45) is 0 Å². The van der Waals surface area contributed by atoms with E-state index in [1.54, 1.807) is 41.5 Å². The van der Waals surface area contributed by atoms with Gasteiger partial charge in [-0.25, -0.2) is 0 Å². The Hall–Kier alpha value is -0.0269. The maximum Gasteiger partial charge on any atom is 4.00 e. The van der Waals surface area contributed by atoms with Gasteiger partial charge in [0.1, 0.15) is 0 Å². The third kappa shape index (κ3) is 920.